The van der Waals surface area contributed by atoms with Crippen LogP contribution in [0.25, 0.3) is 0 Å². The average molecular weight is 279 g/mol. The number of hydrogen-bond acceptors (Lipinski definition) is 4. The number of hydrogen-bond donors (Lipinski definition) is 1. The molecule has 0 aliphatic heterocycles. The lowest BCUT2D eigenvalue weighted by atomic mass is 9.79. The second-order valence-corrected chi connectivity index (χ2v) is 5.90. The lowest BCUT2D eigenvalue weighted by molar-refractivity contribution is 0.0595. The number of nitrogen functional groups attached to an aromatic ring is 1. The van der Waals surface area contributed by atoms with E-state index in [4.69, 9.17) is 10.5 Å². The zero-order chi connectivity index (χ0) is 14.9. The van der Waals surface area contributed by atoms with Crippen LogP contribution in [0, 0.1) is 11.8 Å². The van der Waals surface area contributed by atoms with Crippen LogP contribution >= 0.6 is 0 Å². The monoisotopic (exact) mass is 279 g/mol. The molecule has 2 N–H and O–H groups in total. The number of carbonyl (C=O) groups excluding carboxylic acids is 1. The maximum Gasteiger partial charge on any atom is 0.360 e. The number of imidazole rings is 1. The Bertz CT molecular complexity index is 496. The molecule has 3 unspecified atom stereocenters. The second kappa shape index (κ2) is 5.85. The quantitative estimate of drug-likeness (QED) is 0.864. The molecule has 112 valence electrons. The molecule has 0 radical (unpaired) electrons. The first kappa shape index (κ1) is 14.9. The van der Waals surface area contributed by atoms with E-state index < -0.39 is 5.97 Å². The summed E-state index contributed by atoms with van der Waals surface area (Å²) in [6, 6.07) is 0.349. The fourth-order valence-corrected chi connectivity index (χ4v) is 3.15. The Balaban J connectivity index is 2.35. The van der Waals surface area contributed by atoms with Gasteiger partial charge in [0.05, 0.1) is 7.11 Å². The van der Waals surface area contributed by atoms with Gasteiger partial charge in [-0.3, -0.25) is 0 Å². The van der Waals surface area contributed by atoms with Gasteiger partial charge in [0.15, 0.2) is 5.69 Å². The Kier molecular flexibility index (Phi) is 4.35. The Labute approximate surface area is 120 Å². The number of nitrogens with two attached hydrogens (primary N) is 1. The van der Waals surface area contributed by atoms with Crippen LogP contribution in [0.2, 0.25) is 0 Å². The van der Waals surface area contributed by atoms with Crippen molar-refractivity contribution in [3.05, 3.63) is 11.5 Å². The van der Waals surface area contributed by atoms with E-state index in [1.165, 1.54) is 13.5 Å². The summed E-state index contributed by atoms with van der Waals surface area (Å²) < 4.78 is 6.82. The number of aromatic nitrogens is 2. The number of anilines is 1. The van der Waals surface area contributed by atoms with E-state index in [9.17, 15) is 4.79 Å². The Hall–Kier alpha value is -1.52. The number of rotatable bonds is 3. The first-order chi connectivity index (χ1) is 9.49. The van der Waals surface area contributed by atoms with E-state index in [2.05, 4.69) is 23.4 Å². The summed E-state index contributed by atoms with van der Waals surface area (Å²) in [5, 5.41) is 0. The number of ether oxygens (including phenoxy) is 1. The maximum absolute atomic E-state index is 11.7. The predicted molar refractivity (Wildman–Crippen MR) is 78.6 cm³/mol. The minimum Gasteiger partial charge on any atom is -0.464 e. The zero-order valence-electron chi connectivity index (χ0n) is 12.8. The topological polar surface area (TPSA) is 70.1 Å². The number of aryl methyl sites for hydroxylation is 1. The summed E-state index contributed by atoms with van der Waals surface area (Å²) in [5.41, 5.74) is 6.43. The second-order valence-electron chi connectivity index (χ2n) is 5.90. The van der Waals surface area contributed by atoms with Crippen LogP contribution in [-0.4, -0.2) is 22.6 Å². The number of methoxy groups -OCH3 is 1. The molecule has 3 atom stereocenters. The van der Waals surface area contributed by atoms with E-state index in [0.29, 0.717) is 17.8 Å². The molecule has 1 saturated carbocycles. The van der Waals surface area contributed by atoms with Crippen molar-refractivity contribution in [1.82, 2.24) is 9.55 Å². The Morgan fingerprint density at radius 1 is 1.40 bits per heavy atom. The molecule has 5 nitrogen and oxygen atoms in total. The van der Waals surface area contributed by atoms with Crippen LogP contribution in [0.3, 0.4) is 0 Å². The summed E-state index contributed by atoms with van der Waals surface area (Å²) in [6.45, 7) is 6.63. The van der Waals surface area contributed by atoms with Crippen molar-refractivity contribution in [3.63, 3.8) is 0 Å². The summed E-state index contributed by atoms with van der Waals surface area (Å²) >= 11 is 0. The van der Waals surface area contributed by atoms with Crippen molar-refractivity contribution in [2.45, 2.75) is 52.5 Å². The molecule has 0 bridgehead atoms. The first-order valence-corrected chi connectivity index (χ1v) is 7.44. The molecule has 1 aromatic heterocycles. The van der Waals surface area contributed by atoms with E-state index in [-0.39, 0.29) is 5.69 Å². The first-order valence-electron chi connectivity index (χ1n) is 7.44. The average Bonchev–Trinajstić information content (AvgIpc) is 2.78. The van der Waals surface area contributed by atoms with E-state index in [1.54, 1.807) is 0 Å². The molecule has 1 heterocycles. The minimum absolute atomic E-state index is 0.260. The van der Waals surface area contributed by atoms with Crippen LogP contribution in [0.15, 0.2) is 0 Å². The minimum atomic E-state index is -0.451. The molecule has 2 rings (SSSR count). The largest absolute Gasteiger partial charge is 0.464 e. The number of carbonyl (C=O) groups is 1. The highest BCUT2D eigenvalue weighted by atomic mass is 16.5. The van der Waals surface area contributed by atoms with Gasteiger partial charge in [0.25, 0.3) is 0 Å². The lowest BCUT2D eigenvalue weighted by Crippen LogP contribution is -2.25. The maximum atomic E-state index is 11.7. The van der Waals surface area contributed by atoms with Crippen molar-refractivity contribution >= 4 is 11.8 Å². The fourth-order valence-electron chi connectivity index (χ4n) is 3.15. The van der Waals surface area contributed by atoms with Crippen molar-refractivity contribution in [3.8, 4) is 0 Å². The van der Waals surface area contributed by atoms with Gasteiger partial charge < -0.3 is 15.0 Å². The Morgan fingerprint density at radius 2 is 2.10 bits per heavy atom. The summed E-state index contributed by atoms with van der Waals surface area (Å²) in [4.78, 5) is 16.1. The smallest absolute Gasteiger partial charge is 0.360 e. The normalized spacial score (nSPS) is 26.5. The Morgan fingerprint density at radius 3 is 2.65 bits per heavy atom. The lowest BCUT2D eigenvalue weighted by Gasteiger charge is -2.34. The molecule has 0 aromatic carbocycles. The van der Waals surface area contributed by atoms with Crippen molar-refractivity contribution in [2.24, 2.45) is 11.8 Å². The molecular weight excluding hydrogens is 254 g/mol. The van der Waals surface area contributed by atoms with Gasteiger partial charge in [-0.25, -0.2) is 9.78 Å². The third-order valence-corrected chi connectivity index (χ3v) is 4.65. The van der Waals surface area contributed by atoms with Crippen LogP contribution < -0.4 is 5.73 Å². The SMILES string of the molecule is CCc1nc(C(=O)OC)c(N)n1C1CCC(C)C(C)C1. The van der Waals surface area contributed by atoms with Crippen molar-refractivity contribution in [2.75, 3.05) is 12.8 Å². The van der Waals surface area contributed by atoms with Gasteiger partial charge in [0, 0.05) is 12.5 Å². The standard InChI is InChI=1S/C15H25N3O2/c1-5-12-17-13(15(19)20-4)14(16)18(12)11-7-6-9(2)10(3)8-11/h9-11H,5-8,16H2,1-4H3. The third-order valence-electron chi connectivity index (χ3n) is 4.65. The van der Waals surface area contributed by atoms with Gasteiger partial charge in [-0.05, 0) is 31.1 Å². The van der Waals surface area contributed by atoms with Gasteiger partial charge in [0.2, 0.25) is 0 Å². The fraction of sp³-hybridized carbons (Fsp3) is 0.733. The van der Waals surface area contributed by atoms with E-state index in [0.717, 1.165) is 31.0 Å². The van der Waals surface area contributed by atoms with Gasteiger partial charge in [-0.1, -0.05) is 20.8 Å². The predicted octanol–water partition coefficient (Wildman–Crippen LogP) is 2.81. The number of nitrogens with zero attached hydrogens (tertiary/aromatic N) is 2. The van der Waals surface area contributed by atoms with Crippen LogP contribution in [0.1, 0.15) is 62.4 Å². The van der Waals surface area contributed by atoms with Gasteiger partial charge in [-0.2, -0.15) is 0 Å². The van der Waals surface area contributed by atoms with Crippen LogP contribution in [0.4, 0.5) is 5.82 Å². The molecule has 1 aliphatic rings. The van der Waals surface area contributed by atoms with E-state index >= 15 is 0 Å². The highest BCUT2D eigenvalue weighted by molar-refractivity contribution is 5.92. The summed E-state index contributed by atoms with van der Waals surface area (Å²) in [6.07, 6.45) is 4.15. The molecule has 0 spiro atoms. The van der Waals surface area contributed by atoms with Crippen molar-refractivity contribution in [1.29, 1.82) is 0 Å². The van der Waals surface area contributed by atoms with Crippen LogP contribution in [-0.2, 0) is 11.2 Å². The highest BCUT2D eigenvalue weighted by Crippen LogP contribution is 2.38. The van der Waals surface area contributed by atoms with E-state index in [1.807, 2.05) is 6.92 Å². The summed E-state index contributed by atoms with van der Waals surface area (Å²) in [7, 11) is 1.36. The molecule has 1 aromatic rings. The third kappa shape index (κ3) is 2.53. The van der Waals surface area contributed by atoms with Crippen molar-refractivity contribution < 1.29 is 9.53 Å². The molecule has 1 aliphatic carbocycles. The molecule has 1 fully saturated rings. The molecule has 0 saturated heterocycles. The highest BCUT2D eigenvalue weighted by Gasteiger charge is 2.30. The van der Waals surface area contributed by atoms with Gasteiger partial charge >= 0.3 is 5.97 Å². The summed E-state index contributed by atoms with van der Waals surface area (Å²) in [5.74, 6) is 2.31. The molecule has 0 amide bonds. The van der Waals surface area contributed by atoms with Gasteiger partial charge in [0.1, 0.15) is 11.6 Å². The molecule has 20 heavy (non-hydrogen) atoms. The zero-order valence-corrected chi connectivity index (χ0v) is 12.8. The van der Waals surface area contributed by atoms with Crippen LogP contribution in [0.5, 0.6) is 0 Å². The molecule has 5 heteroatoms. The number of esters is 1. The molecular formula is C15H25N3O2. The van der Waals surface area contributed by atoms with Gasteiger partial charge in [-0.15, -0.1) is 0 Å².